The summed E-state index contributed by atoms with van der Waals surface area (Å²) in [5, 5.41) is 1.45. The molecule has 8 nitrogen and oxygen atoms in total. The Kier molecular flexibility index (Phi) is 14.1. The molecule has 0 radical (unpaired) electrons. The summed E-state index contributed by atoms with van der Waals surface area (Å²) in [5.41, 5.74) is 5.09. The molecule has 2 aliphatic rings. The van der Waals surface area contributed by atoms with E-state index in [9.17, 15) is 0 Å². The third-order valence-corrected chi connectivity index (χ3v) is 11.1. The van der Waals surface area contributed by atoms with E-state index in [-0.39, 0.29) is 0 Å². The SMILES string of the molecule is CCCCn1c(-c2ccc(OCCc3ccc(Cl)cc3)cc2OCCc2ccc(Cl)cc2)nc2c(OCCN3CCCC3)cc(OCCN3CCCC3)cc21. The van der Waals surface area contributed by atoms with Crippen molar-refractivity contribution in [3.63, 3.8) is 0 Å². The van der Waals surface area contributed by atoms with E-state index in [4.69, 9.17) is 47.1 Å². The van der Waals surface area contributed by atoms with Crippen LogP contribution in [-0.2, 0) is 19.4 Å². The molecule has 0 aliphatic carbocycles. The van der Waals surface area contributed by atoms with E-state index in [1.165, 1.54) is 31.2 Å². The molecule has 55 heavy (non-hydrogen) atoms. The molecule has 10 heteroatoms. The van der Waals surface area contributed by atoms with Gasteiger partial charge in [0, 0.05) is 60.7 Å². The summed E-state index contributed by atoms with van der Waals surface area (Å²) < 4.78 is 28.3. The number of rotatable bonds is 20. The number of nitrogens with zero attached hydrogens (tertiary/aromatic N) is 4. The molecule has 2 aliphatic heterocycles. The maximum Gasteiger partial charge on any atom is 0.150 e. The first-order chi connectivity index (χ1) is 27.0. The van der Waals surface area contributed by atoms with E-state index < -0.39 is 0 Å². The monoisotopic (exact) mass is 784 g/mol. The van der Waals surface area contributed by atoms with Crippen LogP contribution in [0.15, 0.2) is 78.9 Å². The summed E-state index contributed by atoms with van der Waals surface area (Å²) >= 11 is 12.3. The molecule has 2 saturated heterocycles. The van der Waals surface area contributed by atoms with Gasteiger partial charge in [-0.25, -0.2) is 4.98 Å². The fourth-order valence-electron chi connectivity index (χ4n) is 7.46. The first-order valence-corrected chi connectivity index (χ1v) is 20.9. The second kappa shape index (κ2) is 19.8. The van der Waals surface area contributed by atoms with E-state index in [2.05, 4.69) is 33.4 Å². The molecule has 7 rings (SSSR count). The Labute approximate surface area is 336 Å². The Morgan fingerprint density at radius 1 is 0.582 bits per heavy atom. The van der Waals surface area contributed by atoms with Crippen molar-refractivity contribution in [1.29, 1.82) is 0 Å². The van der Waals surface area contributed by atoms with E-state index >= 15 is 0 Å². The van der Waals surface area contributed by atoms with Crippen molar-refractivity contribution in [2.24, 2.45) is 0 Å². The molecule has 0 saturated carbocycles. The molecule has 3 heterocycles. The summed E-state index contributed by atoms with van der Waals surface area (Å²) in [6.07, 6.45) is 8.60. The minimum Gasteiger partial charge on any atom is -0.493 e. The van der Waals surface area contributed by atoms with Crippen molar-refractivity contribution in [2.75, 3.05) is 65.7 Å². The van der Waals surface area contributed by atoms with Crippen LogP contribution < -0.4 is 18.9 Å². The first-order valence-electron chi connectivity index (χ1n) is 20.2. The largest absolute Gasteiger partial charge is 0.493 e. The maximum atomic E-state index is 6.63. The summed E-state index contributed by atoms with van der Waals surface area (Å²) in [4.78, 5) is 10.3. The number of likely N-dealkylation sites (tertiary alicyclic amines) is 2. The van der Waals surface area contributed by atoms with Crippen molar-refractivity contribution < 1.29 is 18.9 Å². The van der Waals surface area contributed by atoms with Crippen LogP contribution >= 0.6 is 23.2 Å². The van der Waals surface area contributed by atoms with Crippen LogP contribution in [0.3, 0.4) is 0 Å². The molecular weight excluding hydrogens is 731 g/mol. The van der Waals surface area contributed by atoms with Crippen molar-refractivity contribution in [2.45, 2.75) is 64.8 Å². The maximum absolute atomic E-state index is 6.63. The Morgan fingerprint density at radius 2 is 1.13 bits per heavy atom. The Morgan fingerprint density at radius 3 is 1.75 bits per heavy atom. The Balaban J connectivity index is 1.20. The highest BCUT2D eigenvalue weighted by atomic mass is 35.5. The zero-order chi connectivity index (χ0) is 37.8. The standard InChI is InChI=1S/C45H54Cl2N4O4/c1-2-3-24-51-41-31-39(53-29-25-49-20-4-5-21-49)33-43(55-30-26-50-22-6-7-23-50)44(41)48-45(51)40-17-16-38(52-27-18-34-8-12-36(46)13-9-34)32-42(40)54-28-19-35-10-14-37(47)15-11-35/h8-17,31-33H,2-7,18-30H2,1H3. The van der Waals surface area contributed by atoms with E-state index in [1.807, 2.05) is 66.7 Å². The number of hydrogen-bond acceptors (Lipinski definition) is 7. The van der Waals surface area contributed by atoms with Crippen molar-refractivity contribution in [3.8, 4) is 34.4 Å². The predicted octanol–water partition coefficient (Wildman–Crippen LogP) is 10.0. The molecule has 1 aromatic heterocycles. The highest BCUT2D eigenvalue weighted by molar-refractivity contribution is 6.30. The molecule has 0 spiro atoms. The number of benzene rings is 4. The first kappa shape index (κ1) is 39.3. The molecule has 4 aromatic carbocycles. The van der Waals surface area contributed by atoms with Gasteiger partial charge in [0.05, 0.1) is 24.3 Å². The zero-order valence-electron chi connectivity index (χ0n) is 32.1. The number of hydrogen-bond donors (Lipinski definition) is 0. The van der Waals surface area contributed by atoms with Crippen molar-refractivity contribution in [1.82, 2.24) is 19.4 Å². The van der Waals surface area contributed by atoms with Gasteiger partial charge in [0.15, 0.2) is 5.75 Å². The Bertz CT molecular complexity index is 1960. The quantitative estimate of drug-likeness (QED) is 0.0779. The van der Waals surface area contributed by atoms with Crippen LogP contribution in [0.2, 0.25) is 10.0 Å². The number of aromatic nitrogens is 2. The summed E-state index contributed by atoms with van der Waals surface area (Å²) in [7, 11) is 0. The predicted molar refractivity (Wildman–Crippen MR) is 224 cm³/mol. The summed E-state index contributed by atoms with van der Waals surface area (Å²) in [5.74, 6) is 3.89. The average Bonchev–Trinajstić information content (AvgIpc) is 3.99. The van der Waals surface area contributed by atoms with Gasteiger partial charge in [0.1, 0.15) is 41.8 Å². The van der Waals surface area contributed by atoms with Crippen LogP contribution in [-0.4, -0.2) is 85.0 Å². The molecule has 0 bridgehead atoms. The van der Waals surface area contributed by atoms with Gasteiger partial charge in [0.2, 0.25) is 0 Å². The lowest BCUT2D eigenvalue weighted by molar-refractivity contribution is 0.231. The number of aryl methyl sites for hydroxylation is 1. The Hall–Kier alpha value is -3.95. The van der Waals surface area contributed by atoms with Crippen LogP contribution in [0.1, 0.15) is 56.6 Å². The second-order valence-electron chi connectivity index (χ2n) is 14.6. The van der Waals surface area contributed by atoms with Gasteiger partial charge in [-0.05, 0) is 106 Å². The van der Waals surface area contributed by atoms with Gasteiger partial charge in [-0.15, -0.1) is 0 Å². The molecule has 5 aromatic rings. The van der Waals surface area contributed by atoms with Gasteiger partial charge in [-0.2, -0.15) is 0 Å². The van der Waals surface area contributed by atoms with E-state index in [0.29, 0.717) is 26.4 Å². The lowest BCUT2D eigenvalue weighted by Gasteiger charge is -2.17. The fraction of sp³-hybridized carbons (Fsp3) is 0.444. The summed E-state index contributed by atoms with van der Waals surface area (Å²) in [6, 6.07) is 26.1. The lowest BCUT2D eigenvalue weighted by atomic mass is 10.1. The highest BCUT2D eigenvalue weighted by Crippen LogP contribution is 2.39. The van der Waals surface area contributed by atoms with Gasteiger partial charge >= 0.3 is 0 Å². The summed E-state index contributed by atoms with van der Waals surface area (Å²) in [6.45, 7) is 11.7. The van der Waals surface area contributed by atoms with Crippen LogP contribution in [0.4, 0.5) is 0 Å². The number of fused-ring (bicyclic) bond motifs is 1. The van der Waals surface area contributed by atoms with Gasteiger partial charge in [-0.3, -0.25) is 9.80 Å². The van der Waals surface area contributed by atoms with Crippen LogP contribution in [0, 0.1) is 0 Å². The molecular formula is C45H54Cl2N4O4. The highest BCUT2D eigenvalue weighted by Gasteiger charge is 2.22. The fourth-order valence-corrected chi connectivity index (χ4v) is 7.71. The van der Waals surface area contributed by atoms with Gasteiger partial charge in [-0.1, -0.05) is 60.8 Å². The molecule has 0 amide bonds. The number of halogens is 2. The van der Waals surface area contributed by atoms with Gasteiger partial charge < -0.3 is 23.5 Å². The smallest absolute Gasteiger partial charge is 0.150 e. The minimum atomic E-state index is 0.484. The number of ether oxygens (including phenoxy) is 4. The minimum absolute atomic E-state index is 0.484. The molecule has 0 atom stereocenters. The third-order valence-electron chi connectivity index (χ3n) is 10.6. The van der Waals surface area contributed by atoms with Gasteiger partial charge in [0.25, 0.3) is 0 Å². The van der Waals surface area contributed by atoms with Crippen LogP contribution in [0.5, 0.6) is 23.0 Å². The topological polar surface area (TPSA) is 61.2 Å². The third kappa shape index (κ3) is 10.9. The number of imidazole rings is 1. The van der Waals surface area contributed by atoms with Crippen molar-refractivity contribution >= 4 is 34.2 Å². The molecule has 292 valence electrons. The molecule has 0 unspecified atom stereocenters. The van der Waals surface area contributed by atoms with E-state index in [1.54, 1.807) is 0 Å². The molecule has 2 fully saturated rings. The second-order valence-corrected chi connectivity index (χ2v) is 15.5. The van der Waals surface area contributed by atoms with Crippen LogP contribution in [0.25, 0.3) is 22.4 Å². The average molecular weight is 786 g/mol. The van der Waals surface area contributed by atoms with Crippen molar-refractivity contribution in [3.05, 3.63) is 100 Å². The molecule has 0 N–H and O–H groups in total. The lowest BCUT2D eigenvalue weighted by Crippen LogP contribution is -2.25. The number of unbranched alkanes of at least 4 members (excludes halogenated alkanes) is 1. The van der Waals surface area contributed by atoms with E-state index in [0.717, 1.165) is 133 Å². The zero-order valence-corrected chi connectivity index (χ0v) is 33.6. The normalized spacial score (nSPS) is 14.9.